The predicted octanol–water partition coefficient (Wildman–Crippen LogP) is 4.62. The fourth-order valence-corrected chi connectivity index (χ4v) is 7.69. The van der Waals surface area contributed by atoms with Gasteiger partial charge in [-0.05, 0) is 97.7 Å². The summed E-state index contributed by atoms with van der Waals surface area (Å²) in [6.07, 6.45) is 10.6. The van der Waals surface area contributed by atoms with Crippen molar-refractivity contribution in [3.63, 3.8) is 0 Å². The SMILES string of the molecule is Cc1ccc2c(c1)CCCN2C(=O)C12C[C@@H]3C[C@@H](C1)CC(n1cnc(Br)n1)(C3)C2. The Balaban J connectivity index is 1.39. The lowest BCUT2D eigenvalue weighted by atomic mass is 9.46. The molecule has 4 fully saturated rings. The van der Waals surface area contributed by atoms with Crippen LogP contribution in [0.2, 0.25) is 0 Å². The van der Waals surface area contributed by atoms with E-state index in [1.165, 1.54) is 17.5 Å². The summed E-state index contributed by atoms with van der Waals surface area (Å²) in [5.74, 6) is 1.64. The molecular weight excluding hydrogens is 428 g/mol. The number of benzene rings is 1. The van der Waals surface area contributed by atoms with Gasteiger partial charge in [0.2, 0.25) is 10.6 Å². The molecule has 29 heavy (non-hydrogen) atoms. The van der Waals surface area contributed by atoms with E-state index < -0.39 is 0 Å². The Bertz CT molecular complexity index is 985. The Morgan fingerprint density at radius 2 is 2.00 bits per heavy atom. The van der Waals surface area contributed by atoms with Crippen molar-refractivity contribution in [1.29, 1.82) is 0 Å². The molecule has 4 saturated carbocycles. The lowest BCUT2D eigenvalue weighted by Gasteiger charge is -2.61. The number of nitrogens with zero attached hydrogens (tertiary/aromatic N) is 4. The van der Waals surface area contributed by atoms with Gasteiger partial charge in [-0.1, -0.05) is 17.7 Å². The number of fused-ring (bicyclic) bond motifs is 1. The van der Waals surface area contributed by atoms with Gasteiger partial charge in [0, 0.05) is 12.2 Å². The van der Waals surface area contributed by atoms with Gasteiger partial charge in [-0.2, -0.15) is 0 Å². The molecular formula is C23H27BrN4O. The standard InChI is InChI=1S/C23H27BrN4O/c1-15-4-5-19-18(7-15)3-2-6-27(19)20(29)22-9-16-8-17(10-22)12-23(11-16,13-22)28-14-25-21(24)26-28/h4-5,7,14,16-17H,2-3,6,8-13H2,1H3/t16-,17-,22?,23?/m0/s1. The normalized spacial score (nSPS) is 35.0. The minimum absolute atomic E-state index is 0.0370. The first-order valence-electron chi connectivity index (χ1n) is 11.0. The lowest BCUT2D eigenvalue weighted by Crippen LogP contribution is -2.62. The number of hydrogen-bond donors (Lipinski definition) is 0. The molecule has 1 amide bonds. The van der Waals surface area contributed by atoms with Crippen LogP contribution in [0.1, 0.15) is 56.1 Å². The molecule has 7 rings (SSSR count). The Hall–Kier alpha value is -1.69. The van der Waals surface area contributed by atoms with Crippen molar-refractivity contribution in [2.75, 3.05) is 11.4 Å². The second kappa shape index (κ2) is 6.16. The summed E-state index contributed by atoms with van der Waals surface area (Å²) in [6.45, 7) is 2.99. The average molecular weight is 455 g/mol. The molecule has 152 valence electrons. The van der Waals surface area contributed by atoms with Crippen LogP contribution in [0, 0.1) is 24.2 Å². The van der Waals surface area contributed by atoms with Crippen molar-refractivity contribution in [3.8, 4) is 0 Å². The van der Waals surface area contributed by atoms with Gasteiger partial charge in [-0.25, -0.2) is 9.67 Å². The zero-order valence-corrected chi connectivity index (χ0v) is 18.5. The quantitative estimate of drug-likeness (QED) is 0.664. The highest BCUT2D eigenvalue weighted by Gasteiger charge is 2.62. The highest BCUT2D eigenvalue weighted by molar-refractivity contribution is 9.10. The summed E-state index contributed by atoms with van der Waals surface area (Å²) in [5, 5.41) is 4.65. The maximum Gasteiger partial charge on any atom is 0.233 e. The van der Waals surface area contributed by atoms with Gasteiger partial charge in [0.25, 0.3) is 0 Å². The number of amides is 1. The van der Waals surface area contributed by atoms with E-state index in [9.17, 15) is 4.79 Å². The third-order valence-corrected chi connectivity index (χ3v) is 8.40. The molecule has 1 aromatic heterocycles. The number of carbonyl (C=O) groups is 1. The van der Waals surface area contributed by atoms with E-state index in [1.54, 1.807) is 0 Å². The minimum Gasteiger partial charge on any atom is -0.312 e. The van der Waals surface area contributed by atoms with Crippen LogP contribution in [0.25, 0.3) is 0 Å². The first-order valence-corrected chi connectivity index (χ1v) is 11.7. The number of anilines is 1. The van der Waals surface area contributed by atoms with Crippen LogP contribution in [0.5, 0.6) is 0 Å². The van der Waals surface area contributed by atoms with Crippen LogP contribution < -0.4 is 4.90 Å². The van der Waals surface area contributed by atoms with Crippen molar-refractivity contribution in [2.24, 2.45) is 17.3 Å². The largest absolute Gasteiger partial charge is 0.312 e. The summed E-state index contributed by atoms with van der Waals surface area (Å²) < 4.78 is 2.73. The second-order valence-electron chi connectivity index (χ2n) is 10.1. The van der Waals surface area contributed by atoms with Crippen LogP contribution in [0.3, 0.4) is 0 Å². The van der Waals surface area contributed by atoms with Gasteiger partial charge < -0.3 is 4.90 Å². The van der Waals surface area contributed by atoms with Crippen molar-refractivity contribution < 1.29 is 4.79 Å². The molecule has 5 aliphatic rings. The molecule has 5 nitrogen and oxygen atoms in total. The Morgan fingerprint density at radius 3 is 2.72 bits per heavy atom. The monoisotopic (exact) mass is 454 g/mol. The van der Waals surface area contributed by atoms with Gasteiger partial charge >= 0.3 is 0 Å². The molecule has 2 atom stereocenters. The fraction of sp³-hybridized carbons (Fsp3) is 0.609. The number of hydrogen-bond acceptors (Lipinski definition) is 3. The molecule has 2 aromatic rings. The predicted molar refractivity (Wildman–Crippen MR) is 115 cm³/mol. The lowest BCUT2D eigenvalue weighted by molar-refractivity contribution is -0.153. The molecule has 4 aliphatic carbocycles. The highest BCUT2D eigenvalue weighted by atomic mass is 79.9. The van der Waals surface area contributed by atoms with Crippen molar-refractivity contribution in [3.05, 3.63) is 40.4 Å². The average Bonchev–Trinajstić information content (AvgIpc) is 3.13. The first kappa shape index (κ1) is 18.1. The van der Waals surface area contributed by atoms with Crippen LogP contribution in [-0.2, 0) is 16.8 Å². The summed E-state index contributed by atoms with van der Waals surface area (Å²) in [5.41, 5.74) is 3.50. The van der Waals surface area contributed by atoms with E-state index in [2.05, 4.69) is 60.7 Å². The van der Waals surface area contributed by atoms with Gasteiger partial charge in [0.05, 0.1) is 11.0 Å². The van der Waals surface area contributed by atoms with Gasteiger partial charge in [0.15, 0.2) is 0 Å². The molecule has 0 radical (unpaired) electrons. The summed E-state index contributed by atoms with van der Waals surface area (Å²) in [6, 6.07) is 6.59. The molecule has 0 spiro atoms. The maximum absolute atomic E-state index is 14.1. The third kappa shape index (κ3) is 2.67. The summed E-state index contributed by atoms with van der Waals surface area (Å²) >= 11 is 3.42. The number of aromatic nitrogens is 3. The smallest absolute Gasteiger partial charge is 0.233 e. The Kier molecular flexibility index (Phi) is 3.85. The number of aryl methyl sites for hydroxylation is 2. The Labute approximate surface area is 180 Å². The molecule has 0 saturated heterocycles. The number of halogens is 1. The van der Waals surface area contributed by atoms with E-state index in [4.69, 9.17) is 0 Å². The highest BCUT2D eigenvalue weighted by Crippen LogP contribution is 2.64. The molecule has 1 aromatic carbocycles. The van der Waals surface area contributed by atoms with Crippen LogP contribution in [-0.4, -0.2) is 27.2 Å². The van der Waals surface area contributed by atoms with Crippen molar-refractivity contribution in [2.45, 2.75) is 63.8 Å². The minimum atomic E-state index is -0.234. The first-order chi connectivity index (χ1) is 14.0. The van der Waals surface area contributed by atoms with Crippen LogP contribution in [0.15, 0.2) is 29.3 Å². The van der Waals surface area contributed by atoms with Crippen LogP contribution in [0.4, 0.5) is 5.69 Å². The van der Waals surface area contributed by atoms with E-state index >= 15 is 0 Å². The van der Waals surface area contributed by atoms with E-state index in [-0.39, 0.29) is 11.0 Å². The van der Waals surface area contributed by atoms with Crippen molar-refractivity contribution in [1.82, 2.24) is 14.8 Å². The zero-order valence-electron chi connectivity index (χ0n) is 16.9. The number of rotatable bonds is 2. The molecule has 0 unspecified atom stereocenters. The molecule has 0 N–H and O–H groups in total. The van der Waals surface area contributed by atoms with Gasteiger partial charge in [-0.15, -0.1) is 5.10 Å². The maximum atomic E-state index is 14.1. The zero-order chi connectivity index (χ0) is 19.8. The summed E-state index contributed by atoms with van der Waals surface area (Å²) in [7, 11) is 0. The molecule has 2 heterocycles. The topological polar surface area (TPSA) is 51.0 Å². The van der Waals surface area contributed by atoms with E-state index in [1.807, 2.05) is 6.33 Å². The van der Waals surface area contributed by atoms with E-state index in [0.717, 1.165) is 57.2 Å². The molecule has 6 heteroatoms. The summed E-state index contributed by atoms with van der Waals surface area (Å²) in [4.78, 5) is 20.6. The fourth-order valence-electron chi connectivity index (χ4n) is 7.43. The van der Waals surface area contributed by atoms with Crippen LogP contribution >= 0.6 is 15.9 Å². The molecule has 4 bridgehead atoms. The second-order valence-corrected chi connectivity index (χ2v) is 10.8. The third-order valence-electron chi connectivity index (χ3n) is 8.03. The molecule has 1 aliphatic heterocycles. The van der Waals surface area contributed by atoms with E-state index in [0.29, 0.717) is 22.5 Å². The number of carbonyl (C=O) groups excluding carboxylic acids is 1. The van der Waals surface area contributed by atoms with Crippen molar-refractivity contribution >= 4 is 27.5 Å². The Morgan fingerprint density at radius 1 is 1.21 bits per heavy atom. The van der Waals surface area contributed by atoms with Gasteiger partial charge in [-0.3, -0.25) is 4.79 Å². The van der Waals surface area contributed by atoms with Gasteiger partial charge in [0.1, 0.15) is 6.33 Å².